The Morgan fingerprint density at radius 2 is 2.17 bits per heavy atom. The number of anilines is 3. The number of aromatic nitrogens is 2. The minimum Gasteiger partial charge on any atom is -0.508 e. The zero-order valence-electron chi connectivity index (χ0n) is 12.9. The number of hydrogen-bond acceptors (Lipinski definition) is 7. The summed E-state index contributed by atoms with van der Waals surface area (Å²) in [5.74, 6) is 1.37. The monoisotopic (exact) mass is 316 g/mol. The van der Waals surface area contributed by atoms with Crippen LogP contribution in [-0.2, 0) is 4.74 Å². The molecule has 2 heterocycles. The second kappa shape index (κ2) is 6.80. The molecule has 7 nitrogen and oxygen atoms in total. The van der Waals surface area contributed by atoms with Gasteiger partial charge in [0.2, 0.25) is 5.95 Å². The first-order valence-electron chi connectivity index (χ1n) is 7.52. The average molecular weight is 316 g/mol. The van der Waals surface area contributed by atoms with Gasteiger partial charge in [-0.3, -0.25) is 0 Å². The van der Waals surface area contributed by atoms with Gasteiger partial charge in [-0.05, 0) is 19.1 Å². The minimum atomic E-state index is -0.532. The molecule has 0 unspecified atom stereocenters. The zero-order valence-corrected chi connectivity index (χ0v) is 12.9. The summed E-state index contributed by atoms with van der Waals surface area (Å²) in [6.07, 6.45) is -0.532. The maximum Gasteiger partial charge on any atom is 0.229 e. The second-order valence-corrected chi connectivity index (χ2v) is 5.54. The van der Waals surface area contributed by atoms with E-state index in [4.69, 9.17) is 4.74 Å². The molecule has 0 saturated carbocycles. The van der Waals surface area contributed by atoms with Gasteiger partial charge in [-0.25, -0.2) is 4.98 Å². The van der Waals surface area contributed by atoms with Gasteiger partial charge in [0.25, 0.3) is 0 Å². The predicted molar refractivity (Wildman–Crippen MR) is 87.2 cm³/mol. The summed E-state index contributed by atoms with van der Waals surface area (Å²) in [6.45, 7) is 3.93. The van der Waals surface area contributed by atoms with Crippen molar-refractivity contribution in [2.75, 3.05) is 36.5 Å². The first-order chi connectivity index (χ1) is 11.1. The first kappa shape index (κ1) is 15.5. The van der Waals surface area contributed by atoms with Crippen molar-refractivity contribution < 1.29 is 14.9 Å². The quantitative estimate of drug-likeness (QED) is 0.789. The van der Waals surface area contributed by atoms with Crippen LogP contribution in [0.5, 0.6) is 5.75 Å². The predicted octanol–water partition coefficient (Wildman–Crippen LogP) is 1.43. The number of aromatic hydroxyl groups is 1. The molecule has 1 aromatic heterocycles. The van der Waals surface area contributed by atoms with E-state index in [1.807, 2.05) is 24.0 Å². The summed E-state index contributed by atoms with van der Waals surface area (Å²) in [7, 11) is 0. The van der Waals surface area contributed by atoms with Crippen LogP contribution in [0.25, 0.3) is 0 Å². The Balaban J connectivity index is 1.83. The van der Waals surface area contributed by atoms with Crippen LogP contribution in [0.2, 0.25) is 0 Å². The lowest BCUT2D eigenvalue weighted by molar-refractivity contribution is 0.0597. The largest absolute Gasteiger partial charge is 0.508 e. The molecular weight excluding hydrogens is 296 g/mol. The van der Waals surface area contributed by atoms with Crippen LogP contribution in [0.4, 0.5) is 17.5 Å². The maximum atomic E-state index is 9.87. The molecular formula is C16H20N4O3. The third kappa shape index (κ3) is 4.08. The van der Waals surface area contributed by atoms with Crippen LogP contribution in [0, 0.1) is 6.92 Å². The van der Waals surface area contributed by atoms with Crippen LogP contribution in [-0.4, -0.2) is 52.6 Å². The van der Waals surface area contributed by atoms with E-state index in [0.717, 1.165) is 11.5 Å². The van der Waals surface area contributed by atoms with E-state index in [-0.39, 0.29) is 5.75 Å². The SMILES string of the molecule is Cc1cc(N2CCOC[C@H](O)C2)nc(Nc2cccc(O)c2)n1. The van der Waals surface area contributed by atoms with Crippen molar-refractivity contribution in [2.45, 2.75) is 13.0 Å². The van der Waals surface area contributed by atoms with Gasteiger partial charge in [0, 0.05) is 36.6 Å². The number of phenolic OH excluding ortho intramolecular Hbond substituents is 1. The number of aryl methyl sites for hydroxylation is 1. The molecule has 3 N–H and O–H groups in total. The van der Waals surface area contributed by atoms with Crippen molar-refractivity contribution in [3.8, 4) is 5.75 Å². The van der Waals surface area contributed by atoms with Gasteiger partial charge in [0.1, 0.15) is 11.6 Å². The van der Waals surface area contributed by atoms with E-state index in [2.05, 4.69) is 15.3 Å². The molecule has 0 amide bonds. The normalized spacial score (nSPS) is 18.5. The number of hydrogen-bond donors (Lipinski definition) is 3. The molecule has 1 saturated heterocycles. The van der Waals surface area contributed by atoms with Gasteiger partial charge in [-0.15, -0.1) is 0 Å². The van der Waals surface area contributed by atoms with Crippen LogP contribution in [0.15, 0.2) is 30.3 Å². The first-order valence-corrected chi connectivity index (χ1v) is 7.52. The second-order valence-electron chi connectivity index (χ2n) is 5.54. The number of ether oxygens (including phenoxy) is 1. The molecule has 0 aliphatic carbocycles. The van der Waals surface area contributed by atoms with Crippen molar-refractivity contribution in [1.29, 1.82) is 0 Å². The average Bonchev–Trinajstić information content (AvgIpc) is 2.71. The Labute approximate surface area is 134 Å². The summed E-state index contributed by atoms with van der Waals surface area (Å²) in [4.78, 5) is 10.9. The molecule has 7 heteroatoms. The van der Waals surface area contributed by atoms with E-state index >= 15 is 0 Å². The molecule has 1 aliphatic heterocycles. The highest BCUT2D eigenvalue weighted by atomic mass is 16.5. The Hall–Kier alpha value is -2.38. The number of β-amino-alcohol motifs (C(OH)–C–C–N with tert-alkyl or cyclic N) is 1. The zero-order chi connectivity index (χ0) is 16.2. The third-order valence-electron chi connectivity index (χ3n) is 3.51. The third-order valence-corrected chi connectivity index (χ3v) is 3.51. The summed E-state index contributed by atoms with van der Waals surface area (Å²) in [5.41, 5.74) is 1.53. The summed E-state index contributed by atoms with van der Waals surface area (Å²) < 4.78 is 5.35. The Kier molecular flexibility index (Phi) is 4.59. The number of aliphatic hydroxyl groups excluding tert-OH is 1. The number of aliphatic hydroxyl groups is 1. The Morgan fingerprint density at radius 1 is 1.30 bits per heavy atom. The molecule has 0 bridgehead atoms. The molecule has 23 heavy (non-hydrogen) atoms. The number of nitrogens with zero attached hydrogens (tertiary/aromatic N) is 3. The van der Waals surface area contributed by atoms with E-state index in [1.165, 1.54) is 0 Å². The molecule has 122 valence electrons. The van der Waals surface area contributed by atoms with Gasteiger partial charge in [0.15, 0.2) is 0 Å². The van der Waals surface area contributed by atoms with Gasteiger partial charge in [-0.2, -0.15) is 4.98 Å². The lowest BCUT2D eigenvalue weighted by Gasteiger charge is -2.23. The number of benzene rings is 1. The molecule has 1 aromatic carbocycles. The van der Waals surface area contributed by atoms with Gasteiger partial charge in [0.05, 0.1) is 19.3 Å². The fourth-order valence-electron chi connectivity index (χ4n) is 2.48. The fraction of sp³-hybridized carbons (Fsp3) is 0.375. The maximum absolute atomic E-state index is 9.87. The highest BCUT2D eigenvalue weighted by Crippen LogP contribution is 2.21. The highest BCUT2D eigenvalue weighted by molar-refractivity contribution is 5.57. The minimum absolute atomic E-state index is 0.177. The van der Waals surface area contributed by atoms with E-state index < -0.39 is 6.10 Å². The van der Waals surface area contributed by atoms with Crippen molar-refractivity contribution in [2.24, 2.45) is 0 Å². The van der Waals surface area contributed by atoms with E-state index in [0.29, 0.717) is 37.9 Å². The fourth-order valence-corrected chi connectivity index (χ4v) is 2.48. The van der Waals surface area contributed by atoms with Crippen molar-refractivity contribution in [1.82, 2.24) is 9.97 Å². The van der Waals surface area contributed by atoms with Crippen LogP contribution < -0.4 is 10.2 Å². The lowest BCUT2D eigenvalue weighted by atomic mass is 10.3. The van der Waals surface area contributed by atoms with Crippen LogP contribution >= 0.6 is 0 Å². The van der Waals surface area contributed by atoms with Gasteiger partial charge >= 0.3 is 0 Å². The van der Waals surface area contributed by atoms with Gasteiger partial charge in [-0.1, -0.05) is 6.07 Å². The van der Waals surface area contributed by atoms with Crippen LogP contribution in [0.3, 0.4) is 0 Å². The lowest BCUT2D eigenvalue weighted by Crippen LogP contribution is -2.33. The van der Waals surface area contributed by atoms with Crippen molar-refractivity contribution in [3.05, 3.63) is 36.0 Å². The highest BCUT2D eigenvalue weighted by Gasteiger charge is 2.18. The van der Waals surface area contributed by atoms with E-state index in [9.17, 15) is 10.2 Å². The summed E-state index contributed by atoms with van der Waals surface area (Å²) in [5, 5.41) is 22.5. The summed E-state index contributed by atoms with van der Waals surface area (Å²) >= 11 is 0. The molecule has 1 fully saturated rings. The Bertz CT molecular complexity index is 680. The molecule has 2 aromatic rings. The van der Waals surface area contributed by atoms with E-state index in [1.54, 1.807) is 18.2 Å². The molecule has 3 rings (SSSR count). The molecule has 0 radical (unpaired) electrons. The number of nitrogens with one attached hydrogen (secondary N) is 1. The molecule has 0 spiro atoms. The van der Waals surface area contributed by atoms with Crippen molar-refractivity contribution >= 4 is 17.5 Å². The standard InChI is InChI=1S/C16H20N4O3/c1-11-7-15(20-5-6-23-10-14(22)9-20)19-16(17-11)18-12-3-2-4-13(21)8-12/h2-4,7-8,14,21-22H,5-6,9-10H2,1H3,(H,17,18,19)/t14-/m1/s1. The van der Waals surface area contributed by atoms with Crippen molar-refractivity contribution in [3.63, 3.8) is 0 Å². The number of rotatable bonds is 3. The summed E-state index contributed by atoms with van der Waals surface area (Å²) in [6, 6.07) is 8.67. The molecule has 1 aliphatic rings. The smallest absolute Gasteiger partial charge is 0.229 e. The van der Waals surface area contributed by atoms with Gasteiger partial charge < -0.3 is 25.2 Å². The van der Waals surface area contributed by atoms with Crippen LogP contribution in [0.1, 0.15) is 5.69 Å². The molecule has 1 atom stereocenters. The number of phenols is 1. The Morgan fingerprint density at radius 3 is 3.00 bits per heavy atom. The topological polar surface area (TPSA) is 90.7 Å².